The van der Waals surface area contributed by atoms with Crippen LogP contribution in [0.4, 0.5) is 5.82 Å². The molecule has 2 heterocycles. The van der Waals surface area contributed by atoms with Gasteiger partial charge in [-0.3, -0.25) is 4.90 Å². The normalized spacial score (nSPS) is 14.2. The SMILES string of the molecule is Nc1ncc(-c2ccc(OCCN3CCOCC3)cc2)cc1OCc1cccc2ccccc12. The van der Waals surface area contributed by atoms with Gasteiger partial charge in [0.2, 0.25) is 0 Å². The Morgan fingerprint density at radius 3 is 2.53 bits per heavy atom. The van der Waals surface area contributed by atoms with Gasteiger partial charge in [-0.15, -0.1) is 0 Å². The number of rotatable bonds is 8. The molecule has 0 radical (unpaired) electrons. The second-order valence-electron chi connectivity index (χ2n) is 8.36. The second kappa shape index (κ2) is 10.5. The number of ether oxygens (including phenoxy) is 3. The fourth-order valence-electron chi connectivity index (χ4n) is 4.16. The van der Waals surface area contributed by atoms with Crippen LogP contribution in [0.15, 0.2) is 79.0 Å². The summed E-state index contributed by atoms with van der Waals surface area (Å²) in [7, 11) is 0. The number of morpholine rings is 1. The number of benzene rings is 3. The Hall–Kier alpha value is -3.61. The quantitative estimate of drug-likeness (QED) is 0.413. The minimum absolute atomic E-state index is 0.382. The first-order valence-electron chi connectivity index (χ1n) is 11.6. The van der Waals surface area contributed by atoms with Crippen LogP contribution in [0.5, 0.6) is 11.5 Å². The lowest BCUT2D eigenvalue weighted by Crippen LogP contribution is -2.38. The number of hydrogen-bond donors (Lipinski definition) is 1. The average Bonchev–Trinajstić information content (AvgIpc) is 2.89. The van der Waals surface area contributed by atoms with Gasteiger partial charge in [-0.1, -0.05) is 54.6 Å². The summed E-state index contributed by atoms with van der Waals surface area (Å²) >= 11 is 0. The molecule has 1 fully saturated rings. The van der Waals surface area contributed by atoms with Crippen molar-refractivity contribution in [3.63, 3.8) is 0 Å². The van der Waals surface area contributed by atoms with Gasteiger partial charge < -0.3 is 19.9 Å². The molecule has 0 saturated carbocycles. The monoisotopic (exact) mass is 455 g/mol. The Labute approximate surface area is 199 Å². The molecule has 0 unspecified atom stereocenters. The summed E-state index contributed by atoms with van der Waals surface area (Å²) < 4.78 is 17.4. The molecule has 0 spiro atoms. The lowest BCUT2D eigenvalue weighted by atomic mass is 10.1. The highest BCUT2D eigenvalue weighted by Gasteiger charge is 2.11. The minimum Gasteiger partial charge on any atom is -0.492 e. The van der Waals surface area contributed by atoms with E-state index in [1.807, 2.05) is 48.5 Å². The highest BCUT2D eigenvalue weighted by molar-refractivity contribution is 5.85. The molecule has 1 aromatic heterocycles. The summed E-state index contributed by atoms with van der Waals surface area (Å²) in [5.41, 5.74) is 9.21. The van der Waals surface area contributed by atoms with E-state index >= 15 is 0 Å². The van der Waals surface area contributed by atoms with Crippen LogP contribution in [0.25, 0.3) is 21.9 Å². The van der Waals surface area contributed by atoms with Crippen LogP contribution in [-0.4, -0.2) is 49.3 Å². The Morgan fingerprint density at radius 2 is 1.68 bits per heavy atom. The van der Waals surface area contributed by atoms with E-state index in [2.05, 4.69) is 34.1 Å². The highest BCUT2D eigenvalue weighted by Crippen LogP contribution is 2.29. The molecule has 174 valence electrons. The largest absolute Gasteiger partial charge is 0.492 e. The van der Waals surface area contributed by atoms with Crippen LogP contribution in [0.3, 0.4) is 0 Å². The van der Waals surface area contributed by atoms with Gasteiger partial charge in [-0.05, 0) is 40.1 Å². The zero-order valence-corrected chi connectivity index (χ0v) is 19.2. The van der Waals surface area contributed by atoms with Gasteiger partial charge in [0, 0.05) is 31.4 Å². The number of nitrogens with two attached hydrogens (primary N) is 1. The Morgan fingerprint density at radius 1 is 0.882 bits per heavy atom. The van der Waals surface area contributed by atoms with Crippen molar-refractivity contribution in [1.29, 1.82) is 0 Å². The average molecular weight is 456 g/mol. The Balaban J connectivity index is 1.23. The summed E-state index contributed by atoms with van der Waals surface area (Å²) in [5.74, 6) is 1.82. The van der Waals surface area contributed by atoms with Crippen LogP contribution in [0, 0.1) is 0 Å². The van der Waals surface area contributed by atoms with E-state index in [1.165, 1.54) is 10.8 Å². The molecule has 5 rings (SSSR count). The van der Waals surface area contributed by atoms with E-state index in [1.54, 1.807) is 6.20 Å². The number of anilines is 1. The topological polar surface area (TPSA) is 69.8 Å². The van der Waals surface area contributed by atoms with Gasteiger partial charge in [-0.2, -0.15) is 0 Å². The smallest absolute Gasteiger partial charge is 0.166 e. The zero-order chi connectivity index (χ0) is 23.2. The molecule has 6 nitrogen and oxygen atoms in total. The fraction of sp³-hybridized carbons (Fsp3) is 0.250. The van der Waals surface area contributed by atoms with Crippen LogP contribution < -0.4 is 15.2 Å². The summed E-state index contributed by atoms with van der Waals surface area (Å²) in [6.45, 7) is 5.54. The number of pyridine rings is 1. The third kappa shape index (κ3) is 5.30. The number of nitrogens with zero attached hydrogens (tertiary/aromatic N) is 2. The van der Waals surface area contributed by atoms with Crippen molar-refractivity contribution in [2.75, 3.05) is 45.2 Å². The molecule has 1 aliphatic rings. The van der Waals surface area contributed by atoms with E-state index in [0.717, 1.165) is 55.3 Å². The first kappa shape index (κ1) is 22.2. The van der Waals surface area contributed by atoms with Gasteiger partial charge in [0.25, 0.3) is 0 Å². The first-order chi connectivity index (χ1) is 16.8. The molecule has 1 saturated heterocycles. The van der Waals surface area contributed by atoms with Crippen molar-refractivity contribution < 1.29 is 14.2 Å². The summed E-state index contributed by atoms with van der Waals surface area (Å²) in [5, 5.41) is 2.37. The molecular formula is C28H29N3O3. The number of aromatic nitrogens is 1. The Bertz CT molecular complexity index is 1230. The predicted molar refractivity (Wildman–Crippen MR) is 135 cm³/mol. The maximum Gasteiger partial charge on any atom is 0.166 e. The Kier molecular flexibility index (Phi) is 6.89. The van der Waals surface area contributed by atoms with Crippen LogP contribution in [0.2, 0.25) is 0 Å². The molecule has 0 aliphatic carbocycles. The van der Waals surface area contributed by atoms with Crippen molar-refractivity contribution in [3.05, 3.63) is 84.6 Å². The molecule has 6 heteroatoms. The van der Waals surface area contributed by atoms with Crippen molar-refractivity contribution in [2.24, 2.45) is 0 Å². The predicted octanol–water partition coefficient (Wildman–Crippen LogP) is 4.77. The third-order valence-corrected chi connectivity index (χ3v) is 6.11. The molecule has 34 heavy (non-hydrogen) atoms. The van der Waals surface area contributed by atoms with E-state index in [9.17, 15) is 0 Å². The molecule has 2 N–H and O–H groups in total. The third-order valence-electron chi connectivity index (χ3n) is 6.11. The molecule has 0 amide bonds. The fourth-order valence-corrected chi connectivity index (χ4v) is 4.16. The van der Waals surface area contributed by atoms with E-state index in [-0.39, 0.29) is 0 Å². The second-order valence-corrected chi connectivity index (χ2v) is 8.36. The maximum atomic E-state index is 6.12. The van der Waals surface area contributed by atoms with Gasteiger partial charge in [0.1, 0.15) is 19.0 Å². The molecule has 0 bridgehead atoms. The molecule has 4 aromatic rings. The van der Waals surface area contributed by atoms with Crippen LogP contribution in [0.1, 0.15) is 5.56 Å². The van der Waals surface area contributed by atoms with Crippen molar-refractivity contribution >= 4 is 16.6 Å². The van der Waals surface area contributed by atoms with Crippen molar-refractivity contribution in [3.8, 4) is 22.6 Å². The van der Waals surface area contributed by atoms with Crippen LogP contribution in [-0.2, 0) is 11.3 Å². The maximum absolute atomic E-state index is 6.12. The standard InChI is InChI=1S/C28H29N3O3/c29-28-27(34-20-23-6-3-5-22-4-1-2-7-26(22)23)18-24(19-30-28)21-8-10-25(11-9-21)33-17-14-31-12-15-32-16-13-31/h1-11,18-19H,12-17,20H2,(H2,29,30). The summed E-state index contributed by atoms with van der Waals surface area (Å²) in [4.78, 5) is 6.72. The van der Waals surface area contributed by atoms with E-state index < -0.39 is 0 Å². The van der Waals surface area contributed by atoms with Gasteiger partial charge in [-0.25, -0.2) is 4.98 Å². The van der Waals surface area contributed by atoms with Crippen molar-refractivity contribution in [2.45, 2.75) is 6.61 Å². The zero-order valence-electron chi connectivity index (χ0n) is 19.2. The summed E-state index contributed by atoms with van der Waals surface area (Å²) in [6, 6.07) is 24.5. The molecule has 0 atom stereocenters. The lowest BCUT2D eigenvalue weighted by molar-refractivity contribution is 0.0322. The first-order valence-corrected chi connectivity index (χ1v) is 11.6. The minimum atomic E-state index is 0.382. The molecule has 3 aromatic carbocycles. The van der Waals surface area contributed by atoms with Crippen molar-refractivity contribution in [1.82, 2.24) is 9.88 Å². The van der Waals surface area contributed by atoms with Gasteiger partial charge >= 0.3 is 0 Å². The van der Waals surface area contributed by atoms with Crippen LogP contribution >= 0.6 is 0 Å². The molecule has 1 aliphatic heterocycles. The van der Waals surface area contributed by atoms with Gasteiger partial charge in [0.05, 0.1) is 13.2 Å². The summed E-state index contributed by atoms with van der Waals surface area (Å²) in [6.07, 6.45) is 1.77. The lowest BCUT2D eigenvalue weighted by Gasteiger charge is -2.26. The number of fused-ring (bicyclic) bond motifs is 1. The van der Waals surface area contributed by atoms with E-state index in [0.29, 0.717) is 24.8 Å². The van der Waals surface area contributed by atoms with E-state index in [4.69, 9.17) is 19.9 Å². The highest BCUT2D eigenvalue weighted by atomic mass is 16.5. The number of nitrogen functional groups attached to an aromatic ring is 1. The van der Waals surface area contributed by atoms with Gasteiger partial charge in [0.15, 0.2) is 11.6 Å². The molecular weight excluding hydrogens is 426 g/mol. The number of hydrogen-bond acceptors (Lipinski definition) is 6.